The van der Waals surface area contributed by atoms with E-state index in [1.807, 2.05) is 25.6 Å². The molecule has 1 aliphatic rings. The number of pyridine rings is 1. The van der Waals surface area contributed by atoms with Gasteiger partial charge in [0.1, 0.15) is 13.6 Å². The molecule has 25 heavy (non-hydrogen) atoms. The van der Waals surface area contributed by atoms with E-state index in [0.29, 0.717) is 6.10 Å². The normalized spacial score (nSPS) is 14.9. The molecule has 5 rings (SSSR count). The second-order valence-electron chi connectivity index (χ2n) is 6.92. The largest absolute Gasteiger partial charge is 0.491 e. The first-order valence-electron chi connectivity index (χ1n) is 8.76. The maximum Gasteiger partial charge on any atom is 0.145 e. The minimum absolute atomic E-state index is 0.383. The number of fused-ring (bicyclic) bond motifs is 3. The van der Waals surface area contributed by atoms with Gasteiger partial charge in [-0.05, 0) is 42.9 Å². The van der Waals surface area contributed by atoms with Gasteiger partial charge in [-0.2, -0.15) is 5.10 Å². The van der Waals surface area contributed by atoms with Crippen molar-refractivity contribution in [1.29, 1.82) is 0 Å². The third-order valence-corrected chi connectivity index (χ3v) is 5.20. The Kier molecular flexibility index (Phi) is 3.13. The summed E-state index contributed by atoms with van der Waals surface area (Å²) in [5.41, 5.74) is 5.33. The highest BCUT2D eigenvalue weighted by Gasteiger charge is 2.21. The fraction of sp³-hybridized carbons (Fsp3) is 0.263. The molecule has 1 aromatic carbocycles. The number of aromatic amines is 1. The van der Waals surface area contributed by atoms with E-state index in [-0.39, 0.29) is 0 Å². The van der Waals surface area contributed by atoms with Crippen molar-refractivity contribution < 1.29 is 4.74 Å². The Bertz CT molecular complexity index is 1090. The first-order chi connectivity index (χ1) is 12.2. The summed E-state index contributed by atoms with van der Waals surface area (Å²) in [7, 11) is 4.07. The van der Waals surface area contributed by atoms with Crippen molar-refractivity contribution in [2.45, 2.75) is 25.4 Å². The van der Waals surface area contributed by atoms with Crippen molar-refractivity contribution in [3.63, 3.8) is 0 Å². The fourth-order valence-electron chi connectivity index (χ4n) is 3.56. The van der Waals surface area contributed by atoms with Gasteiger partial charge in [-0.1, -0.05) is 0 Å². The number of hydrogen-bond donors (Lipinski definition) is 1. The summed E-state index contributed by atoms with van der Waals surface area (Å²) in [4.78, 5) is 8.07. The molecule has 124 valence electrons. The van der Waals surface area contributed by atoms with E-state index < -0.39 is 0 Å². The topological polar surface area (TPSA) is 55.7 Å². The van der Waals surface area contributed by atoms with Crippen LogP contribution in [0.3, 0.4) is 0 Å². The van der Waals surface area contributed by atoms with Crippen LogP contribution in [0.4, 0.5) is 0 Å². The van der Waals surface area contributed by atoms with Gasteiger partial charge >= 0.3 is 0 Å². The Morgan fingerprint density at radius 3 is 2.84 bits per heavy atom. The molecule has 4 aromatic rings. The molecular weight excluding hydrogens is 311 g/mol. The minimum atomic E-state index is 0.383. The van der Waals surface area contributed by atoms with E-state index in [4.69, 9.17) is 4.74 Å². The zero-order valence-electron chi connectivity index (χ0n) is 14.4. The molecule has 0 saturated heterocycles. The van der Waals surface area contributed by atoms with Gasteiger partial charge in [-0.3, -0.25) is 9.67 Å². The first kappa shape index (κ1) is 14.6. The standard InChI is InChI=1S/C19H19BN4O/c1-24-10-11(8-22-24)15-7-13-16(9-21-15)23-14-5-6-17(19(20)18(13)14)25-12-3-2-4-12/h5-10,12,23H,2-4,20H2,1H3. The third-order valence-electron chi connectivity index (χ3n) is 5.20. The Morgan fingerprint density at radius 2 is 2.12 bits per heavy atom. The molecule has 5 nitrogen and oxygen atoms in total. The van der Waals surface area contributed by atoms with Crippen molar-refractivity contribution in [1.82, 2.24) is 19.7 Å². The Hall–Kier alpha value is -2.76. The number of aryl methyl sites for hydroxylation is 1. The van der Waals surface area contributed by atoms with E-state index >= 15 is 0 Å². The SMILES string of the molecule is Bc1c(OC2CCC2)ccc2[nH]c3cnc(-c4cnn(C)c4)cc3c12. The Labute approximate surface area is 146 Å². The zero-order valence-corrected chi connectivity index (χ0v) is 14.4. The van der Waals surface area contributed by atoms with Crippen LogP contribution in [-0.2, 0) is 7.05 Å². The molecule has 3 aromatic heterocycles. The van der Waals surface area contributed by atoms with Crippen molar-refractivity contribution in [2.24, 2.45) is 7.05 Å². The van der Waals surface area contributed by atoms with Crippen LogP contribution in [0.2, 0.25) is 0 Å². The smallest absolute Gasteiger partial charge is 0.145 e. The van der Waals surface area contributed by atoms with Crippen LogP contribution >= 0.6 is 0 Å². The highest BCUT2D eigenvalue weighted by atomic mass is 16.5. The Balaban J connectivity index is 1.68. The van der Waals surface area contributed by atoms with Crippen LogP contribution in [0.1, 0.15) is 19.3 Å². The molecule has 0 aliphatic heterocycles. The molecule has 0 unspecified atom stereocenters. The van der Waals surface area contributed by atoms with Crippen molar-refractivity contribution in [3.05, 3.63) is 36.8 Å². The highest BCUT2D eigenvalue weighted by Crippen LogP contribution is 2.31. The molecule has 0 atom stereocenters. The molecule has 0 spiro atoms. The maximum absolute atomic E-state index is 6.18. The highest BCUT2D eigenvalue weighted by molar-refractivity contribution is 6.43. The summed E-state index contributed by atoms with van der Waals surface area (Å²) in [6, 6.07) is 6.34. The lowest BCUT2D eigenvalue weighted by atomic mass is 9.89. The Morgan fingerprint density at radius 1 is 1.24 bits per heavy atom. The van der Waals surface area contributed by atoms with Gasteiger partial charge in [0.05, 0.1) is 29.7 Å². The number of H-pyrrole nitrogens is 1. The average molecular weight is 330 g/mol. The number of rotatable bonds is 3. The summed E-state index contributed by atoms with van der Waals surface area (Å²) < 4.78 is 7.98. The second-order valence-corrected chi connectivity index (χ2v) is 6.92. The number of benzene rings is 1. The van der Waals surface area contributed by atoms with Crippen LogP contribution in [0.25, 0.3) is 33.1 Å². The average Bonchev–Trinajstić information content (AvgIpc) is 3.15. The lowest BCUT2D eigenvalue weighted by molar-refractivity contribution is 0.122. The van der Waals surface area contributed by atoms with Crippen LogP contribution in [0, 0.1) is 0 Å². The van der Waals surface area contributed by atoms with Crippen LogP contribution < -0.4 is 10.2 Å². The quantitative estimate of drug-likeness (QED) is 0.587. The monoisotopic (exact) mass is 330 g/mol. The van der Waals surface area contributed by atoms with Gasteiger partial charge in [0.25, 0.3) is 0 Å². The summed E-state index contributed by atoms with van der Waals surface area (Å²) in [6.07, 6.45) is 9.74. The van der Waals surface area contributed by atoms with E-state index in [1.165, 1.54) is 35.5 Å². The minimum Gasteiger partial charge on any atom is -0.491 e. The van der Waals surface area contributed by atoms with Crippen LogP contribution in [0.15, 0.2) is 36.8 Å². The van der Waals surface area contributed by atoms with Crippen LogP contribution in [-0.4, -0.2) is 33.7 Å². The van der Waals surface area contributed by atoms with E-state index in [2.05, 4.69) is 41.1 Å². The molecule has 1 aliphatic carbocycles. The predicted octanol–water partition coefficient (Wildman–Crippen LogP) is 2.31. The van der Waals surface area contributed by atoms with E-state index in [1.54, 1.807) is 4.68 Å². The lowest BCUT2D eigenvalue weighted by Crippen LogP contribution is -2.27. The number of nitrogens with zero attached hydrogens (tertiary/aromatic N) is 3. The molecular formula is C19H19BN4O. The summed E-state index contributed by atoms with van der Waals surface area (Å²) >= 11 is 0. The second kappa shape index (κ2) is 5.38. The van der Waals surface area contributed by atoms with Gasteiger partial charge in [0.2, 0.25) is 0 Å². The van der Waals surface area contributed by atoms with Crippen molar-refractivity contribution in [3.8, 4) is 17.0 Å². The van der Waals surface area contributed by atoms with Gasteiger partial charge in [0, 0.05) is 35.1 Å². The molecule has 1 saturated carbocycles. The molecule has 1 fully saturated rings. The van der Waals surface area contributed by atoms with Crippen LogP contribution in [0.5, 0.6) is 5.75 Å². The van der Waals surface area contributed by atoms with E-state index in [0.717, 1.165) is 28.0 Å². The van der Waals surface area contributed by atoms with Gasteiger partial charge < -0.3 is 9.72 Å². The van der Waals surface area contributed by atoms with E-state index in [9.17, 15) is 0 Å². The predicted molar refractivity (Wildman–Crippen MR) is 102 cm³/mol. The first-order valence-corrected chi connectivity index (χ1v) is 8.76. The number of hydrogen-bond acceptors (Lipinski definition) is 3. The summed E-state index contributed by atoms with van der Waals surface area (Å²) in [5.74, 6) is 0.998. The molecule has 6 heteroatoms. The molecule has 0 amide bonds. The van der Waals surface area contributed by atoms with Gasteiger partial charge in [-0.15, -0.1) is 0 Å². The molecule has 0 radical (unpaired) electrons. The van der Waals surface area contributed by atoms with Crippen molar-refractivity contribution >= 4 is 35.1 Å². The van der Waals surface area contributed by atoms with Gasteiger partial charge in [0.15, 0.2) is 0 Å². The number of nitrogens with one attached hydrogen (secondary N) is 1. The number of aromatic nitrogens is 4. The van der Waals surface area contributed by atoms with Gasteiger partial charge in [-0.25, -0.2) is 0 Å². The number of ether oxygens (including phenoxy) is 1. The summed E-state index contributed by atoms with van der Waals surface area (Å²) in [5, 5.41) is 6.65. The fourth-order valence-corrected chi connectivity index (χ4v) is 3.56. The third kappa shape index (κ3) is 2.32. The zero-order chi connectivity index (χ0) is 17.0. The molecule has 0 bridgehead atoms. The lowest BCUT2D eigenvalue weighted by Gasteiger charge is -2.27. The van der Waals surface area contributed by atoms with Crippen molar-refractivity contribution in [2.75, 3.05) is 0 Å². The maximum atomic E-state index is 6.18. The molecule has 3 heterocycles. The summed E-state index contributed by atoms with van der Waals surface area (Å²) in [6.45, 7) is 0. The molecule has 1 N–H and O–H groups in total.